The van der Waals surface area contributed by atoms with Gasteiger partial charge in [-0.1, -0.05) is 0 Å². The molecule has 0 aromatic carbocycles. The van der Waals surface area contributed by atoms with Crippen LogP contribution < -0.4 is 0 Å². The summed E-state index contributed by atoms with van der Waals surface area (Å²) in [5.41, 5.74) is 0. The van der Waals surface area contributed by atoms with Crippen LogP contribution in [0.2, 0.25) is 0 Å². The lowest BCUT2D eigenvalue weighted by Gasteiger charge is -2.33. The Kier molecular flexibility index (Phi) is 4.24. The monoisotopic (exact) mass is 329 g/mol. The van der Waals surface area contributed by atoms with Crippen molar-refractivity contribution >= 4 is 11.8 Å². The van der Waals surface area contributed by atoms with Crippen molar-refractivity contribution in [2.24, 2.45) is 0 Å². The fourth-order valence-electron chi connectivity index (χ4n) is 0.979. The molecule has 0 N–H and O–H groups in total. The zero-order chi connectivity index (χ0) is 15.8. The van der Waals surface area contributed by atoms with Crippen molar-refractivity contribution in [2.75, 3.05) is 0 Å². The van der Waals surface area contributed by atoms with E-state index in [4.69, 9.17) is 0 Å². The molecule has 0 spiro atoms. The molecule has 0 unspecified atom stereocenters. The molecular weight excluding hydrogens is 325 g/mol. The Bertz CT molecular complexity index is 456. The van der Waals surface area contributed by atoms with Gasteiger partial charge in [0.25, 0.3) is 0 Å². The molecule has 0 fully saturated rings. The maximum Gasteiger partial charge on any atom is 0.460 e. The summed E-state index contributed by atoms with van der Waals surface area (Å²) in [7, 11) is 0. The van der Waals surface area contributed by atoms with Crippen molar-refractivity contribution in [2.45, 2.75) is 28.2 Å². The maximum atomic E-state index is 13.1. The molecule has 1 nitrogen and oxygen atoms in total. The van der Waals surface area contributed by atoms with Crippen molar-refractivity contribution in [3.63, 3.8) is 0 Å². The van der Waals surface area contributed by atoms with Gasteiger partial charge in [0.2, 0.25) is 0 Å². The van der Waals surface area contributed by atoms with E-state index in [0.29, 0.717) is 0 Å². The molecule has 0 saturated heterocycles. The van der Waals surface area contributed by atoms with Crippen LogP contribution in [0.25, 0.3) is 0 Å². The maximum absolute atomic E-state index is 13.1. The standard InChI is InChI=1S/C9H4F9NS/c10-6(11,8(14,15)16)7(12,13)9(17,18)20-5-1-3-19-4-2-5/h1-4H. The Balaban J connectivity index is 3.12. The normalized spacial score (nSPS) is 14.4. The first-order valence-corrected chi connectivity index (χ1v) is 5.44. The predicted molar refractivity (Wildman–Crippen MR) is 51.0 cm³/mol. The summed E-state index contributed by atoms with van der Waals surface area (Å²) < 4.78 is 113. The van der Waals surface area contributed by atoms with E-state index in [1.165, 1.54) is 0 Å². The van der Waals surface area contributed by atoms with Gasteiger partial charge in [-0.25, -0.2) is 0 Å². The first-order chi connectivity index (χ1) is 8.83. The zero-order valence-corrected chi connectivity index (χ0v) is 9.88. The molecule has 0 aliphatic heterocycles. The number of thioether (sulfide) groups is 1. The van der Waals surface area contributed by atoms with Gasteiger partial charge in [-0.2, -0.15) is 39.5 Å². The van der Waals surface area contributed by atoms with Crippen molar-refractivity contribution in [1.82, 2.24) is 4.98 Å². The van der Waals surface area contributed by atoms with Crippen LogP contribution in [0.4, 0.5) is 39.5 Å². The molecule has 1 rings (SSSR count). The van der Waals surface area contributed by atoms with Gasteiger partial charge in [-0.15, -0.1) is 0 Å². The molecule has 0 radical (unpaired) electrons. The molecule has 0 bridgehead atoms. The minimum Gasteiger partial charge on any atom is -0.265 e. The smallest absolute Gasteiger partial charge is 0.265 e. The zero-order valence-electron chi connectivity index (χ0n) is 9.07. The summed E-state index contributed by atoms with van der Waals surface area (Å²) in [4.78, 5) is 2.72. The summed E-state index contributed by atoms with van der Waals surface area (Å²) in [6.07, 6.45) is -5.03. The van der Waals surface area contributed by atoms with Gasteiger partial charge < -0.3 is 0 Å². The van der Waals surface area contributed by atoms with E-state index in [-0.39, 0.29) is 0 Å². The van der Waals surface area contributed by atoms with Crippen LogP contribution in [0.5, 0.6) is 0 Å². The average Bonchev–Trinajstić information content (AvgIpc) is 2.27. The number of alkyl halides is 9. The first-order valence-electron chi connectivity index (χ1n) is 4.62. The molecule has 0 saturated carbocycles. The lowest BCUT2D eigenvalue weighted by Crippen LogP contribution is -2.59. The molecule has 11 heteroatoms. The lowest BCUT2D eigenvalue weighted by atomic mass is 10.1. The molecule has 1 aromatic heterocycles. The highest BCUT2D eigenvalue weighted by Crippen LogP contribution is 2.57. The lowest BCUT2D eigenvalue weighted by molar-refractivity contribution is -0.381. The van der Waals surface area contributed by atoms with Crippen LogP contribution in [0, 0.1) is 0 Å². The topological polar surface area (TPSA) is 12.9 Å². The Labute approximate surface area is 110 Å². The molecule has 0 aliphatic carbocycles. The summed E-state index contributed by atoms with van der Waals surface area (Å²) in [5.74, 6) is -13.5. The van der Waals surface area contributed by atoms with Gasteiger partial charge in [0.05, 0.1) is 0 Å². The highest BCUT2D eigenvalue weighted by molar-refractivity contribution is 8.00. The number of rotatable bonds is 4. The second kappa shape index (κ2) is 5.01. The largest absolute Gasteiger partial charge is 0.460 e. The Morgan fingerprint density at radius 1 is 0.750 bits per heavy atom. The third-order valence-electron chi connectivity index (χ3n) is 2.01. The van der Waals surface area contributed by atoms with Crippen LogP contribution in [-0.4, -0.2) is 28.3 Å². The molecular formula is C9H4F9NS. The van der Waals surface area contributed by atoms with E-state index in [0.717, 1.165) is 24.5 Å². The van der Waals surface area contributed by atoms with Gasteiger partial charge >= 0.3 is 23.3 Å². The summed E-state index contributed by atoms with van der Waals surface area (Å²) in [6.45, 7) is 0. The molecule has 114 valence electrons. The van der Waals surface area contributed by atoms with Gasteiger partial charge in [0.15, 0.2) is 0 Å². The number of hydrogen-bond acceptors (Lipinski definition) is 2. The van der Waals surface area contributed by atoms with E-state index in [1.807, 2.05) is 0 Å². The van der Waals surface area contributed by atoms with Crippen molar-refractivity contribution in [3.05, 3.63) is 24.5 Å². The van der Waals surface area contributed by atoms with Crippen molar-refractivity contribution in [1.29, 1.82) is 0 Å². The van der Waals surface area contributed by atoms with Crippen LogP contribution >= 0.6 is 11.8 Å². The van der Waals surface area contributed by atoms with Gasteiger partial charge in [0, 0.05) is 17.3 Å². The Morgan fingerprint density at radius 2 is 1.20 bits per heavy atom. The average molecular weight is 329 g/mol. The minimum atomic E-state index is -6.87. The molecule has 0 atom stereocenters. The van der Waals surface area contributed by atoms with Gasteiger partial charge in [-0.05, 0) is 23.9 Å². The second-order valence-corrected chi connectivity index (χ2v) is 4.64. The summed E-state index contributed by atoms with van der Waals surface area (Å²) in [5, 5.41) is -5.67. The van der Waals surface area contributed by atoms with E-state index >= 15 is 0 Å². The third kappa shape index (κ3) is 2.81. The van der Waals surface area contributed by atoms with Gasteiger partial charge in [0.1, 0.15) is 0 Å². The molecule has 1 aromatic rings. The minimum absolute atomic E-state index is 0.636. The Hall–Kier alpha value is -1.13. The number of aromatic nitrogens is 1. The fraction of sp³-hybridized carbons (Fsp3) is 0.444. The quantitative estimate of drug-likeness (QED) is 0.591. The highest BCUT2D eigenvalue weighted by Gasteiger charge is 2.82. The second-order valence-electron chi connectivity index (χ2n) is 3.45. The van der Waals surface area contributed by atoms with Gasteiger partial charge in [-0.3, -0.25) is 4.98 Å². The van der Waals surface area contributed by atoms with Crippen molar-refractivity contribution < 1.29 is 39.5 Å². The van der Waals surface area contributed by atoms with E-state index in [1.54, 1.807) is 0 Å². The summed E-state index contributed by atoms with van der Waals surface area (Å²) >= 11 is -1.11. The van der Waals surface area contributed by atoms with E-state index < -0.39 is 39.9 Å². The number of hydrogen-bond donors (Lipinski definition) is 0. The van der Waals surface area contributed by atoms with Crippen LogP contribution in [-0.2, 0) is 0 Å². The Morgan fingerprint density at radius 3 is 1.60 bits per heavy atom. The van der Waals surface area contributed by atoms with Crippen LogP contribution in [0.1, 0.15) is 0 Å². The number of nitrogens with zero attached hydrogens (tertiary/aromatic N) is 1. The molecule has 20 heavy (non-hydrogen) atoms. The van der Waals surface area contributed by atoms with E-state index in [2.05, 4.69) is 4.98 Å². The third-order valence-corrected chi connectivity index (χ3v) is 3.03. The molecule has 1 heterocycles. The molecule has 0 aliphatic rings. The van der Waals surface area contributed by atoms with Crippen LogP contribution in [0.15, 0.2) is 29.4 Å². The predicted octanol–water partition coefficient (Wildman–Crippen LogP) is 4.60. The number of halogens is 9. The molecule has 0 amide bonds. The fourth-order valence-corrected chi connectivity index (χ4v) is 1.79. The van der Waals surface area contributed by atoms with Crippen molar-refractivity contribution in [3.8, 4) is 0 Å². The number of pyridine rings is 1. The first kappa shape index (κ1) is 16.9. The highest BCUT2D eigenvalue weighted by atomic mass is 32.2. The van der Waals surface area contributed by atoms with E-state index in [9.17, 15) is 39.5 Å². The SMILES string of the molecule is FC(F)(F)C(F)(F)C(F)(F)C(F)(F)Sc1ccncc1. The van der Waals surface area contributed by atoms with Crippen LogP contribution in [0.3, 0.4) is 0 Å². The summed E-state index contributed by atoms with van der Waals surface area (Å²) in [6, 6.07) is 1.53.